The standard InChI is InChI=1S/C32H29Cl2FN2O3/c1-6-27(38)19-10-13-28(40-5)22(15-19)26-16-23-31(36(26)17(2)3)30(21-12-11-20(33)14-18(21)4)37(32(23)39)25-9-7-8-24(34)29(25)35/h7-17,30H,6H2,1-5H3/t30-/m0/s1. The molecule has 1 amide bonds. The molecule has 1 aromatic heterocycles. The van der Waals surface area contributed by atoms with Crippen LogP contribution in [0, 0.1) is 12.7 Å². The van der Waals surface area contributed by atoms with Crippen LogP contribution in [0.15, 0.2) is 60.7 Å². The molecular weight excluding hydrogens is 550 g/mol. The first kappa shape index (κ1) is 27.9. The van der Waals surface area contributed by atoms with Crippen LogP contribution in [0.2, 0.25) is 10.0 Å². The summed E-state index contributed by atoms with van der Waals surface area (Å²) >= 11 is 12.5. The number of Topliss-reactive ketones (excluding diaryl/α,β-unsaturated/α-hetero) is 1. The van der Waals surface area contributed by atoms with Crippen LogP contribution in [0.25, 0.3) is 11.3 Å². The summed E-state index contributed by atoms with van der Waals surface area (Å²) < 4.78 is 23.2. The molecule has 0 fully saturated rings. The zero-order valence-electron chi connectivity index (χ0n) is 22.9. The first-order valence-corrected chi connectivity index (χ1v) is 13.8. The number of fused-ring (bicyclic) bond motifs is 1. The molecule has 8 heteroatoms. The molecule has 1 aliphatic heterocycles. The Labute approximate surface area is 243 Å². The highest BCUT2D eigenvalue weighted by molar-refractivity contribution is 6.31. The number of hydrogen-bond donors (Lipinski definition) is 0. The van der Waals surface area contributed by atoms with Gasteiger partial charge in [-0.2, -0.15) is 0 Å². The number of aryl methyl sites for hydroxylation is 1. The van der Waals surface area contributed by atoms with Gasteiger partial charge < -0.3 is 9.30 Å². The van der Waals surface area contributed by atoms with Gasteiger partial charge in [0.25, 0.3) is 5.91 Å². The predicted octanol–water partition coefficient (Wildman–Crippen LogP) is 8.84. The van der Waals surface area contributed by atoms with Gasteiger partial charge >= 0.3 is 0 Å². The Balaban J connectivity index is 1.83. The highest BCUT2D eigenvalue weighted by atomic mass is 35.5. The lowest BCUT2D eigenvalue weighted by Gasteiger charge is -2.30. The van der Waals surface area contributed by atoms with Crippen LogP contribution in [-0.2, 0) is 0 Å². The van der Waals surface area contributed by atoms with E-state index in [4.69, 9.17) is 27.9 Å². The van der Waals surface area contributed by atoms with Crippen molar-refractivity contribution >= 4 is 40.6 Å². The van der Waals surface area contributed by atoms with E-state index in [1.807, 2.05) is 52.0 Å². The molecular formula is C32H29Cl2FN2O3. The maximum Gasteiger partial charge on any atom is 0.261 e. The van der Waals surface area contributed by atoms with Crippen LogP contribution in [0.3, 0.4) is 0 Å². The first-order chi connectivity index (χ1) is 19.1. The molecule has 3 aromatic carbocycles. The van der Waals surface area contributed by atoms with Gasteiger partial charge in [-0.15, -0.1) is 0 Å². The van der Waals surface area contributed by atoms with E-state index in [0.29, 0.717) is 39.6 Å². The van der Waals surface area contributed by atoms with Gasteiger partial charge in [0, 0.05) is 28.6 Å². The maximum absolute atomic E-state index is 15.5. The minimum Gasteiger partial charge on any atom is -0.496 e. The molecule has 0 aliphatic carbocycles. The van der Waals surface area contributed by atoms with E-state index >= 15 is 4.39 Å². The minimum atomic E-state index is -0.664. The fraction of sp³-hybridized carbons (Fsp3) is 0.250. The van der Waals surface area contributed by atoms with E-state index in [1.54, 1.807) is 37.4 Å². The number of halogens is 3. The van der Waals surface area contributed by atoms with Crippen LogP contribution in [0.5, 0.6) is 5.75 Å². The molecule has 0 saturated heterocycles. The summed E-state index contributed by atoms with van der Waals surface area (Å²) in [7, 11) is 1.57. The Hall–Kier alpha value is -3.61. The minimum absolute atomic E-state index is 0.00689. The molecule has 0 saturated carbocycles. The van der Waals surface area contributed by atoms with Crippen LogP contribution in [0.1, 0.15) is 76.8 Å². The number of anilines is 1. The lowest BCUT2D eigenvalue weighted by Crippen LogP contribution is -2.31. The summed E-state index contributed by atoms with van der Waals surface area (Å²) in [4.78, 5) is 28.3. The molecule has 40 heavy (non-hydrogen) atoms. The average Bonchev–Trinajstić information content (AvgIpc) is 3.45. The van der Waals surface area contributed by atoms with Crippen molar-refractivity contribution in [2.75, 3.05) is 12.0 Å². The summed E-state index contributed by atoms with van der Waals surface area (Å²) in [6.45, 7) is 7.79. The number of benzene rings is 3. The zero-order valence-corrected chi connectivity index (χ0v) is 24.4. The summed E-state index contributed by atoms with van der Waals surface area (Å²) in [5, 5.41) is 0.497. The highest BCUT2D eigenvalue weighted by Gasteiger charge is 2.45. The van der Waals surface area contributed by atoms with Crippen LogP contribution in [-0.4, -0.2) is 23.4 Å². The normalized spacial score (nSPS) is 14.7. The molecule has 0 spiro atoms. The topological polar surface area (TPSA) is 51.5 Å². The summed E-state index contributed by atoms with van der Waals surface area (Å²) in [6.07, 6.45) is 0.365. The van der Waals surface area contributed by atoms with Crippen molar-refractivity contribution in [1.82, 2.24) is 4.57 Å². The third-order valence-corrected chi connectivity index (χ3v) is 7.92. The SMILES string of the molecule is CCC(=O)c1ccc(OC)c(-c2cc3c(n2C(C)C)[C@H](c2ccc(Cl)cc2C)N(c2cccc(Cl)c2F)C3=O)c1. The summed E-state index contributed by atoms with van der Waals surface area (Å²) in [5.41, 5.74) is 4.92. The molecule has 5 rings (SSSR count). The number of carbonyl (C=O) groups is 2. The maximum atomic E-state index is 15.5. The van der Waals surface area contributed by atoms with E-state index in [1.165, 1.54) is 11.0 Å². The third kappa shape index (κ3) is 4.49. The van der Waals surface area contributed by atoms with Gasteiger partial charge in [-0.1, -0.05) is 42.3 Å². The number of carbonyl (C=O) groups excluding carboxylic acids is 2. The lowest BCUT2D eigenvalue weighted by atomic mass is 9.97. The number of ether oxygens (including phenoxy) is 1. The van der Waals surface area contributed by atoms with Gasteiger partial charge in [0.1, 0.15) is 11.8 Å². The number of rotatable bonds is 7. The van der Waals surface area contributed by atoms with E-state index in [9.17, 15) is 9.59 Å². The lowest BCUT2D eigenvalue weighted by molar-refractivity contribution is 0.0982. The Kier molecular flexibility index (Phi) is 7.51. The van der Waals surface area contributed by atoms with Crippen molar-refractivity contribution in [1.29, 1.82) is 0 Å². The Morgan fingerprint density at radius 1 is 1.05 bits per heavy atom. The van der Waals surface area contributed by atoms with Gasteiger partial charge in [-0.3, -0.25) is 14.5 Å². The van der Waals surface area contributed by atoms with Crippen LogP contribution >= 0.6 is 23.2 Å². The van der Waals surface area contributed by atoms with E-state index < -0.39 is 11.9 Å². The Morgan fingerprint density at radius 3 is 2.45 bits per heavy atom. The predicted molar refractivity (Wildman–Crippen MR) is 158 cm³/mol. The van der Waals surface area contributed by atoms with Gasteiger partial charge in [-0.25, -0.2) is 4.39 Å². The smallest absolute Gasteiger partial charge is 0.261 e. The zero-order chi connectivity index (χ0) is 28.9. The second-order valence-corrected chi connectivity index (χ2v) is 11.0. The summed E-state index contributed by atoms with van der Waals surface area (Å²) in [5.74, 6) is -0.429. The average molecular weight is 579 g/mol. The van der Waals surface area contributed by atoms with Crippen molar-refractivity contribution in [2.24, 2.45) is 0 Å². The van der Waals surface area contributed by atoms with Gasteiger partial charge in [0.2, 0.25) is 0 Å². The summed E-state index contributed by atoms with van der Waals surface area (Å²) in [6, 6.07) is 16.5. The van der Waals surface area contributed by atoms with Crippen molar-refractivity contribution in [3.8, 4) is 17.0 Å². The van der Waals surface area contributed by atoms with E-state index in [0.717, 1.165) is 16.8 Å². The molecule has 0 radical (unpaired) electrons. The largest absolute Gasteiger partial charge is 0.496 e. The van der Waals surface area contributed by atoms with Gasteiger partial charge in [0.05, 0.1) is 34.8 Å². The number of amides is 1. The molecule has 5 nitrogen and oxygen atoms in total. The van der Waals surface area contributed by atoms with E-state index in [-0.39, 0.29) is 28.4 Å². The fourth-order valence-electron chi connectivity index (χ4n) is 5.57. The second kappa shape index (κ2) is 10.8. The first-order valence-electron chi connectivity index (χ1n) is 13.1. The number of nitrogens with zero attached hydrogens (tertiary/aromatic N) is 2. The monoisotopic (exact) mass is 578 g/mol. The molecule has 206 valence electrons. The number of methoxy groups -OCH3 is 1. The number of aromatic nitrogens is 1. The molecule has 2 heterocycles. The van der Waals surface area contributed by atoms with Gasteiger partial charge in [0.15, 0.2) is 11.6 Å². The molecule has 1 aliphatic rings. The molecule has 4 aromatic rings. The molecule has 1 atom stereocenters. The Morgan fingerprint density at radius 2 is 1.80 bits per heavy atom. The van der Waals surface area contributed by atoms with Crippen molar-refractivity contribution in [3.05, 3.63) is 104 Å². The van der Waals surface area contributed by atoms with Crippen LogP contribution < -0.4 is 9.64 Å². The van der Waals surface area contributed by atoms with Crippen LogP contribution in [0.4, 0.5) is 10.1 Å². The molecule has 0 N–H and O–H groups in total. The molecule has 0 unspecified atom stereocenters. The van der Waals surface area contributed by atoms with Crippen molar-refractivity contribution < 1.29 is 18.7 Å². The molecule has 0 bridgehead atoms. The fourth-order valence-corrected chi connectivity index (χ4v) is 5.96. The van der Waals surface area contributed by atoms with E-state index in [2.05, 4.69) is 4.57 Å². The third-order valence-electron chi connectivity index (χ3n) is 7.39. The highest BCUT2D eigenvalue weighted by Crippen LogP contribution is 2.49. The van der Waals surface area contributed by atoms with Gasteiger partial charge in [-0.05, 0) is 80.4 Å². The van der Waals surface area contributed by atoms with Crippen molar-refractivity contribution in [2.45, 2.75) is 46.2 Å². The Bertz CT molecular complexity index is 1660. The number of hydrogen-bond acceptors (Lipinski definition) is 3. The number of ketones is 1. The quantitative estimate of drug-likeness (QED) is 0.206. The second-order valence-electron chi connectivity index (χ2n) is 10.1. The van der Waals surface area contributed by atoms with Crippen molar-refractivity contribution in [3.63, 3.8) is 0 Å².